The molecule has 0 fully saturated rings. The highest BCUT2D eigenvalue weighted by molar-refractivity contribution is 7.10. The largest absolute Gasteiger partial charge is 0.328 e. The fraction of sp³-hybridized carbons (Fsp3) is 0.190. The van der Waals surface area contributed by atoms with Gasteiger partial charge in [0.2, 0.25) is 0 Å². The number of thiophene rings is 1. The predicted octanol–water partition coefficient (Wildman–Crippen LogP) is 3.56. The molecule has 28 heavy (non-hydrogen) atoms. The zero-order chi connectivity index (χ0) is 20.1. The number of carbonyl (C=O) groups is 1. The van der Waals surface area contributed by atoms with Crippen LogP contribution in [0.5, 0.6) is 0 Å². The fourth-order valence-corrected chi connectivity index (χ4v) is 3.89. The molecule has 0 spiro atoms. The van der Waals surface area contributed by atoms with Crippen LogP contribution in [0.3, 0.4) is 0 Å². The van der Waals surface area contributed by atoms with Crippen LogP contribution < -0.4 is 10.6 Å². The predicted molar refractivity (Wildman–Crippen MR) is 111 cm³/mol. The molecule has 3 aromatic rings. The second-order valence-electron chi connectivity index (χ2n) is 6.62. The summed E-state index contributed by atoms with van der Waals surface area (Å²) in [7, 11) is 0. The zero-order valence-corrected chi connectivity index (χ0v) is 16.5. The number of quaternary nitrogens is 1. The van der Waals surface area contributed by atoms with Crippen LogP contribution in [-0.2, 0) is 4.79 Å². The standard InChI is InChI=1S/C21H21N3O3S/c1-14-8-10-16(11-9-14)21(18-7-4-12-28-18)22-13-19(25)23-20-15(2)5-3-6-17(20)24(26)27/h3-12,21-22H,13H2,1-2H3,(H,23,25)/p+1/t21-/m1/s1. The highest BCUT2D eigenvalue weighted by atomic mass is 32.1. The van der Waals surface area contributed by atoms with Crippen LogP contribution in [0.15, 0.2) is 60.0 Å². The number of para-hydroxylation sites is 1. The topological polar surface area (TPSA) is 88.8 Å². The summed E-state index contributed by atoms with van der Waals surface area (Å²) in [6.07, 6.45) is 0. The molecule has 0 aliphatic heterocycles. The van der Waals surface area contributed by atoms with E-state index < -0.39 is 4.92 Å². The van der Waals surface area contributed by atoms with Gasteiger partial charge < -0.3 is 10.6 Å². The molecule has 1 atom stereocenters. The van der Waals surface area contributed by atoms with Crippen LogP contribution in [0.25, 0.3) is 0 Å². The van der Waals surface area contributed by atoms with Crippen molar-refractivity contribution in [2.75, 3.05) is 11.9 Å². The van der Waals surface area contributed by atoms with E-state index in [2.05, 4.69) is 35.6 Å². The lowest BCUT2D eigenvalue weighted by Crippen LogP contribution is -2.87. The molecule has 6 nitrogen and oxygen atoms in total. The number of carbonyl (C=O) groups excluding carboxylic acids is 1. The Bertz CT molecular complexity index is 969. The molecular weight excluding hydrogens is 374 g/mol. The molecule has 0 saturated carbocycles. The van der Waals surface area contributed by atoms with Crippen molar-refractivity contribution in [1.82, 2.24) is 0 Å². The second kappa shape index (κ2) is 8.77. The van der Waals surface area contributed by atoms with E-state index in [1.54, 1.807) is 30.4 Å². The minimum atomic E-state index is -0.479. The highest BCUT2D eigenvalue weighted by Crippen LogP contribution is 2.27. The lowest BCUT2D eigenvalue weighted by Gasteiger charge is -2.15. The van der Waals surface area contributed by atoms with E-state index in [1.165, 1.54) is 11.6 Å². The van der Waals surface area contributed by atoms with E-state index in [4.69, 9.17) is 0 Å². The third-order valence-electron chi connectivity index (χ3n) is 4.54. The third kappa shape index (κ3) is 4.62. The Balaban J connectivity index is 1.75. The fourth-order valence-electron chi connectivity index (χ4n) is 3.04. The normalized spacial score (nSPS) is 11.8. The molecule has 0 aliphatic carbocycles. The number of nitrogens with zero attached hydrogens (tertiary/aromatic N) is 1. The molecule has 0 saturated heterocycles. The molecule has 3 N–H and O–H groups in total. The number of nitro groups is 1. The highest BCUT2D eigenvalue weighted by Gasteiger charge is 2.22. The summed E-state index contributed by atoms with van der Waals surface area (Å²) in [5.74, 6) is -0.272. The van der Waals surface area contributed by atoms with E-state index in [-0.39, 0.29) is 29.9 Å². The molecule has 2 aromatic carbocycles. The number of nitrogens with two attached hydrogens (primary N) is 1. The van der Waals surface area contributed by atoms with Crippen LogP contribution >= 0.6 is 11.3 Å². The van der Waals surface area contributed by atoms with Crippen molar-refractivity contribution in [2.45, 2.75) is 19.9 Å². The lowest BCUT2D eigenvalue weighted by atomic mass is 10.0. The average molecular weight is 396 g/mol. The van der Waals surface area contributed by atoms with Gasteiger partial charge >= 0.3 is 0 Å². The van der Waals surface area contributed by atoms with Crippen LogP contribution in [0.1, 0.15) is 27.6 Å². The Morgan fingerprint density at radius 1 is 1.14 bits per heavy atom. The minimum Gasteiger partial charge on any atom is -0.328 e. The Morgan fingerprint density at radius 2 is 1.89 bits per heavy atom. The number of amides is 1. The first-order valence-electron chi connectivity index (χ1n) is 8.93. The Morgan fingerprint density at radius 3 is 2.54 bits per heavy atom. The molecule has 3 rings (SSSR count). The third-order valence-corrected chi connectivity index (χ3v) is 5.49. The summed E-state index contributed by atoms with van der Waals surface area (Å²) < 4.78 is 0. The number of rotatable bonds is 7. The number of anilines is 1. The lowest BCUT2D eigenvalue weighted by molar-refractivity contribution is -0.675. The molecule has 7 heteroatoms. The van der Waals surface area contributed by atoms with Crippen LogP contribution in [0.4, 0.5) is 11.4 Å². The SMILES string of the molecule is Cc1ccc([C@@H]([NH2+]CC(=O)Nc2c(C)cccc2[N+](=O)[O-])c2cccs2)cc1. The summed E-state index contributed by atoms with van der Waals surface area (Å²) in [5, 5.41) is 17.9. The van der Waals surface area contributed by atoms with Gasteiger partial charge in [-0.2, -0.15) is 0 Å². The van der Waals surface area contributed by atoms with Crippen molar-refractivity contribution in [3.8, 4) is 0 Å². The van der Waals surface area contributed by atoms with E-state index in [9.17, 15) is 14.9 Å². The molecule has 0 radical (unpaired) electrons. The summed E-state index contributed by atoms with van der Waals surface area (Å²) >= 11 is 1.64. The summed E-state index contributed by atoms with van der Waals surface area (Å²) in [5.41, 5.74) is 3.12. The maximum Gasteiger partial charge on any atom is 0.293 e. The molecule has 144 valence electrons. The summed E-state index contributed by atoms with van der Waals surface area (Å²) in [4.78, 5) is 24.4. The zero-order valence-electron chi connectivity index (χ0n) is 15.7. The first kappa shape index (κ1) is 19.7. The van der Waals surface area contributed by atoms with Crippen molar-refractivity contribution in [3.63, 3.8) is 0 Å². The quantitative estimate of drug-likeness (QED) is 0.473. The average Bonchev–Trinajstić information content (AvgIpc) is 3.19. The van der Waals surface area contributed by atoms with Gasteiger partial charge in [0.15, 0.2) is 6.54 Å². The number of aryl methyl sites for hydroxylation is 2. The first-order chi connectivity index (χ1) is 13.5. The molecule has 1 heterocycles. The number of nitro benzene ring substituents is 1. The van der Waals surface area contributed by atoms with Crippen molar-refractivity contribution in [3.05, 3.63) is 91.7 Å². The molecule has 0 aliphatic rings. The van der Waals surface area contributed by atoms with Crippen LogP contribution in [0, 0.1) is 24.0 Å². The van der Waals surface area contributed by atoms with Gasteiger partial charge in [0.25, 0.3) is 11.6 Å². The number of nitrogens with one attached hydrogen (secondary N) is 1. The number of benzene rings is 2. The van der Waals surface area contributed by atoms with E-state index in [0.717, 1.165) is 10.4 Å². The van der Waals surface area contributed by atoms with E-state index in [1.807, 2.05) is 23.7 Å². The Kier molecular flexibility index (Phi) is 6.18. The van der Waals surface area contributed by atoms with Gasteiger partial charge in [-0.1, -0.05) is 48.0 Å². The summed E-state index contributed by atoms with van der Waals surface area (Å²) in [6, 6.07) is 17.0. The van der Waals surface area contributed by atoms with Crippen molar-refractivity contribution >= 4 is 28.6 Å². The van der Waals surface area contributed by atoms with Gasteiger partial charge in [-0.15, -0.1) is 11.3 Å². The maximum atomic E-state index is 12.5. The van der Waals surface area contributed by atoms with Gasteiger partial charge in [0.1, 0.15) is 11.7 Å². The van der Waals surface area contributed by atoms with Crippen molar-refractivity contribution in [2.24, 2.45) is 0 Å². The smallest absolute Gasteiger partial charge is 0.293 e. The van der Waals surface area contributed by atoms with Gasteiger partial charge in [-0.3, -0.25) is 14.9 Å². The Labute approximate surface area is 167 Å². The van der Waals surface area contributed by atoms with Gasteiger partial charge in [-0.25, -0.2) is 0 Å². The van der Waals surface area contributed by atoms with Gasteiger partial charge in [-0.05, 0) is 30.9 Å². The van der Waals surface area contributed by atoms with Gasteiger partial charge in [0.05, 0.1) is 9.80 Å². The maximum absolute atomic E-state index is 12.5. The molecule has 1 amide bonds. The minimum absolute atomic E-state index is 0.00166. The second-order valence-corrected chi connectivity index (χ2v) is 7.60. The van der Waals surface area contributed by atoms with E-state index in [0.29, 0.717) is 5.56 Å². The van der Waals surface area contributed by atoms with Crippen LogP contribution in [-0.4, -0.2) is 17.4 Å². The molecule has 0 bridgehead atoms. The molecule has 0 unspecified atom stereocenters. The monoisotopic (exact) mass is 396 g/mol. The summed E-state index contributed by atoms with van der Waals surface area (Å²) in [6.45, 7) is 3.94. The van der Waals surface area contributed by atoms with E-state index >= 15 is 0 Å². The van der Waals surface area contributed by atoms with Crippen molar-refractivity contribution in [1.29, 1.82) is 0 Å². The number of hydrogen-bond acceptors (Lipinski definition) is 4. The number of hydrogen-bond donors (Lipinski definition) is 2. The van der Waals surface area contributed by atoms with Gasteiger partial charge in [0, 0.05) is 11.6 Å². The van der Waals surface area contributed by atoms with Crippen molar-refractivity contribution < 1.29 is 15.0 Å². The molecule has 1 aromatic heterocycles. The van der Waals surface area contributed by atoms with Crippen LogP contribution in [0.2, 0.25) is 0 Å². The Hall–Kier alpha value is -3.03. The molecular formula is C21H22N3O3S+. The first-order valence-corrected chi connectivity index (χ1v) is 9.81.